The summed E-state index contributed by atoms with van der Waals surface area (Å²) in [5, 5.41) is 12.5. The van der Waals surface area contributed by atoms with E-state index in [0.29, 0.717) is 6.54 Å². The van der Waals surface area contributed by atoms with Gasteiger partial charge >= 0.3 is 0 Å². The van der Waals surface area contributed by atoms with Gasteiger partial charge in [-0.15, -0.1) is 11.3 Å². The zero-order valence-corrected chi connectivity index (χ0v) is 12.8. The van der Waals surface area contributed by atoms with Gasteiger partial charge in [0, 0.05) is 27.8 Å². The zero-order chi connectivity index (χ0) is 14.4. The molecule has 0 saturated heterocycles. The lowest BCUT2D eigenvalue weighted by molar-refractivity contribution is -0.117. The van der Waals surface area contributed by atoms with Crippen LogP contribution in [0.4, 0.5) is 0 Å². The molecule has 1 saturated carbocycles. The van der Waals surface area contributed by atoms with Gasteiger partial charge in [0.2, 0.25) is 5.91 Å². The van der Waals surface area contributed by atoms with Crippen LogP contribution in [-0.2, 0) is 4.79 Å². The van der Waals surface area contributed by atoms with E-state index < -0.39 is 0 Å². The summed E-state index contributed by atoms with van der Waals surface area (Å²) in [6, 6.07) is 4.06. The van der Waals surface area contributed by atoms with Gasteiger partial charge < -0.3 is 10.4 Å². The summed E-state index contributed by atoms with van der Waals surface area (Å²) in [5.41, 5.74) is -0.0960. The average molecular weight is 293 g/mol. The molecule has 1 aliphatic carbocycles. The molecule has 0 spiro atoms. The van der Waals surface area contributed by atoms with Gasteiger partial charge in [-0.05, 0) is 38.0 Å². The maximum atomic E-state index is 11.8. The van der Waals surface area contributed by atoms with E-state index >= 15 is 0 Å². The number of carbonyl (C=O) groups excluding carboxylic acids is 1. The predicted octanol–water partition coefficient (Wildman–Crippen LogP) is 3.13. The summed E-state index contributed by atoms with van der Waals surface area (Å²) in [7, 11) is 0. The molecule has 20 heavy (non-hydrogen) atoms. The van der Waals surface area contributed by atoms with Gasteiger partial charge in [-0.3, -0.25) is 4.79 Å². The smallest absolute Gasteiger partial charge is 0.244 e. The molecule has 1 aliphatic rings. The highest BCUT2D eigenvalue weighted by Gasteiger charge is 2.31. The zero-order valence-electron chi connectivity index (χ0n) is 12.0. The fourth-order valence-electron chi connectivity index (χ4n) is 2.73. The molecule has 0 bridgehead atoms. The molecule has 1 aromatic rings. The van der Waals surface area contributed by atoms with Crippen molar-refractivity contribution in [2.75, 3.05) is 13.2 Å². The minimum absolute atomic E-state index is 0.0746. The molecule has 0 aliphatic heterocycles. The Morgan fingerprint density at radius 3 is 2.75 bits per heavy atom. The van der Waals surface area contributed by atoms with Crippen molar-refractivity contribution in [3.8, 4) is 0 Å². The van der Waals surface area contributed by atoms with Crippen molar-refractivity contribution in [3.05, 3.63) is 28.0 Å². The van der Waals surface area contributed by atoms with Gasteiger partial charge in [0.05, 0.1) is 6.61 Å². The second-order valence-corrected chi connectivity index (χ2v) is 7.04. The number of hydrogen-bond donors (Lipinski definition) is 2. The number of carbonyl (C=O) groups is 1. The van der Waals surface area contributed by atoms with Crippen LogP contribution >= 0.6 is 11.3 Å². The lowest BCUT2D eigenvalue weighted by Gasteiger charge is -2.35. The molecule has 0 aromatic carbocycles. The van der Waals surface area contributed by atoms with Crippen molar-refractivity contribution in [1.82, 2.24) is 5.32 Å². The number of thiophene rings is 1. The third kappa shape index (κ3) is 4.18. The maximum absolute atomic E-state index is 11.8. The van der Waals surface area contributed by atoms with Crippen LogP contribution in [-0.4, -0.2) is 24.2 Å². The van der Waals surface area contributed by atoms with Crippen LogP contribution in [0.15, 0.2) is 18.2 Å². The molecular formula is C16H23NO2S. The van der Waals surface area contributed by atoms with Gasteiger partial charge in [-0.2, -0.15) is 0 Å². The Balaban J connectivity index is 1.83. The van der Waals surface area contributed by atoms with Crippen LogP contribution in [0.25, 0.3) is 6.08 Å². The van der Waals surface area contributed by atoms with E-state index in [1.54, 1.807) is 17.4 Å². The molecule has 3 nitrogen and oxygen atoms in total. The van der Waals surface area contributed by atoms with Crippen LogP contribution < -0.4 is 5.32 Å². The van der Waals surface area contributed by atoms with Crippen LogP contribution in [0, 0.1) is 12.3 Å². The van der Waals surface area contributed by atoms with Gasteiger partial charge in [-0.25, -0.2) is 0 Å². The standard InChI is InChI=1S/C16H23NO2S/c1-13-5-6-14(20-13)7-8-15(19)17-11-16(12-18)9-3-2-4-10-16/h5-8,18H,2-4,9-12H2,1H3,(H,17,19)/b8-7+. The van der Waals surface area contributed by atoms with Crippen molar-refractivity contribution in [2.45, 2.75) is 39.0 Å². The third-order valence-electron chi connectivity index (χ3n) is 4.05. The molecule has 2 rings (SSSR count). The van der Waals surface area contributed by atoms with Crippen molar-refractivity contribution >= 4 is 23.3 Å². The Bertz CT molecular complexity index is 473. The number of aryl methyl sites for hydroxylation is 1. The van der Waals surface area contributed by atoms with Crippen molar-refractivity contribution < 1.29 is 9.90 Å². The highest BCUT2D eigenvalue weighted by atomic mass is 32.1. The first-order chi connectivity index (χ1) is 9.63. The molecule has 1 aromatic heterocycles. The lowest BCUT2D eigenvalue weighted by atomic mass is 9.74. The van der Waals surface area contributed by atoms with Gasteiger partial charge in [0.25, 0.3) is 0 Å². The third-order valence-corrected chi connectivity index (χ3v) is 5.01. The fraction of sp³-hybridized carbons (Fsp3) is 0.562. The Hall–Kier alpha value is -1.13. The number of amides is 1. The number of aliphatic hydroxyl groups excluding tert-OH is 1. The number of nitrogens with one attached hydrogen (secondary N) is 1. The van der Waals surface area contributed by atoms with Crippen molar-refractivity contribution in [2.24, 2.45) is 5.41 Å². The Morgan fingerprint density at radius 2 is 2.15 bits per heavy atom. The Kier molecular flexibility index (Phi) is 5.38. The normalized spacial score (nSPS) is 18.3. The average Bonchev–Trinajstić information content (AvgIpc) is 2.89. The van der Waals surface area contributed by atoms with Crippen LogP contribution in [0.2, 0.25) is 0 Å². The molecule has 2 N–H and O–H groups in total. The molecule has 4 heteroatoms. The molecule has 1 fully saturated rings. The van der Waals surface area contributed by atoms with E-state index in [0.717, 1.165) is 30.6 Å². The molecular weight excluding hydrogens is 270 g/mol. The monoisotopic (exact) mass is 293 g/mol. The van der Waals surface area contributed by atoms with Crippen LogP contribution in [0.5, 0.6) is 0 Å². The fourth-order valence-corrected chi connectivity index (χ4v) is 3.51. The van der Waals surface area contributed by atoms with Crippen LogP contribution in [0.1, 0.15) is 41.9 Å². The topological polar surface area (TPSA) is 49.3 Å². The van der Waals surface area contributed by atoms with Crippen molar-refractivity contribution in [3.63, 3.8) is 0 Å². The summed E-state index contributed by atoms with van der Waals surface area (Å²) in [6.07, 6.45) is 9.00. The first kappa shape index (κ1) is 15.3. The van der Waals surface area contributed by atoms with E-state index in [9.17, 15) is 9.90 Å². The highest BCUT2D eigenvalue weighted by molar-refractivity contribution is 7.12. The first-order valence-corrected chi connectivity index (χ1v) is 8.08. The van der Waals surface area contributed by atoms with E-state index in [4.69, 9.17) is 0 Å². The molecule has 0 atom stereocenters. The number of rotatable bonds is 5. The SMILES string of the molecule is Cc1ccc(/C=C/C(=O)NCC2(CO)CCCCC2)s1. The van der Waals surface area contributed by atoms with Gasteiger partial charge in [-0.1, -0.05) is 19.3 Å². The molecule has 110 valence electrons. The summed E-state index contributed by atoms with van der Waals surface area (Å²) in [4.78, 5) is 14.2. The second-order valence-electron chi connectivity index (χ2n) is 5.72. The second kappa shape index (κ2) is 7.04. The number of hydrogen-bond acceptors (Lipinski definition) is 3. The number of aliphatic hydroxyl groups is 1. The van der Waals surface area contributed by atoms with E-state index in [1.165, 1.54) is 11.3 Å². The summed E-state index contributed by atoms with van der Waals surface area (Å²) in [6.45, 7) is 2.80. The minimum atomic E-state index is -0.0960. The van der Waals surface area contributed by atoms with Crippen molar-refractivity contribution in [1.29, 1.82) is 0 Å². The molecule has 1 heterocycles. The molecule has 0 radical (unpaired) electrons. The van der Waals surface area contributed by atoms with Gasteiger partial charge in [0.15, 0.2) is 0 Å². The largest absolute Gasteiger partial charge is 0.396 e. The highest BCUT2D eigenvalue weighted by Crippen LogP contribution is 2.35. The lowest BCUT2D eigenvalue weighted by Crippen LogP contribution is -2.40. The molecule has 0 unspecified atom stereocenters. The minimum Gasteiger partial charge on any atom is -0.396 e. The first-order valence-electron chi connectivity index (χ1n) is 7.27. The van der Waals surface area contributed by atoms with E-state index in [1.807, 2.05) is 18.2 Å². The van der Waals surface area contributed by atoms with E-state index in [2.05, 4.69) is 12.2 Å². The summed E-state index contributed by atoms with van der Waals surface area (Å²) in [5.74, 6) is -0.0746. The van der Waals surface area contributed by atoms with Gasteiger partial charge in [0.1, 0.15) is 0 Å². The molecule has 1 amide bonds. The predicted molar refractivity (Wildman–Crippen MR) is 83.7 cm³/mol. The summed E-state index contributed by atoms with van der Waals surface area (Å²) >= 11 is 1.67. The Morgan fingerprint density at radius 1 is 1.40 bits per heavy atom. The van der Waals surface area contributed by atoms with Crippen LogP contribution in [0.3, 0.4) is 0 Å². The Labute approximate surface area is 124 Å². The maximum Gasteiger partial charge on any atom is 0.244 e. The van der Waals surface area contributed by atoms with E-state index in [-0.39, 0.29) is 17.9 Å². The summed E-state index contributed by atoms with van der Waals surface area (Å²) < 4.78 is 0. The quantitative estimate of drug-likeness (QED) is 0.819.